The summed E-state index contributed by atoms with van der Waals surface area (Å²) in [6.45, 7) is 1.78. The van der Waals surface area contributed by atoms with Gasteiger partial charge in [-0.25, -0.2) is 17.6 Å². The summed E-state index contributed by atoms with van der Waals surface area (Å²) >= 11 is 0. The van der Waals surface area contributed by atoms with Crippen molar-refractivity contribution in [1.29, 1.82) is 0 Å². The molecule has 178 valence electrons. The molecule has 4 unspecified atom stereocenters. The summed E-state index contributed by atoms with van der Waals surface area (Å²) in [6, 6.07) is 0. The summed E-state index contributed by atoms with van der Waals surface area (Å²) in [6.07, 6.45) is 4.71. The van der Waals surface area contributed by atoms with Gasteiger partial charge in [-0.05, 0) is 69.1 Å². The van der Waals surface area contributed by atoms with Crippen molar-refractivity contribution in [2.45, 2.75) is 102 Å². The Morgan fingerprint density at radius 1 is 0.759 bits per heavy atom. The van der Waals surface area contributed by atoms with Crippen LogP contribution in [-0.4, -0.2) is 55.6 Å². The van der Waals surface area contributed by atoms with Gasteiger partial charge in [-0.2, -0.15) is 0 Å². The number of alkyl halides is 4. The highest BCUT2D eigenvalue weighted by Crippen LogP contribution is 2.40. The lowest BCUT2D eigenvalue weighted by atomic mass is 9.71. The topological polar surface area (TPSA) is 81.5 Å². The van der Waals surface area contributed by atoms with E-state index in [1.54, 1.807) is 0 Å². The summed E-state index contributed by atoms with van der Waals surface area (Å²) in [5, 5.41) is 0. The molecule has 4 nitrogen and oxygen atoms in total. The quantitative estimate of drug-likeness (QED) is 0.600. The van der Waals surface area contributed by atoms with Crippen molar-refractivity contribution in [2.24, 2.45) is 17.8 Å². The van der Waals surface area contributed by atoms with Crippen molar-refractivity contribution in [3.8, 4) is 0 Å². The van der Waals surface area contributed by atoms with E-state index < -0.39 is 31.5 Å². The van der Waals surface area contributed by atoms with Crippen LogP contribution in [-0.2, 0) is 9.47 Å². The molecule has 0 heterocycles. The predicted molar refractivity (Wildman–Crippen MR) is 108 cm³/mol. The van der Waals surface area contributed by atoms with Gasteiger partial charge < -0.3 is 20.4 Å². The molecule has 0 aromatic carbocycles. The Morgan fingerprint density at radius 3 is 1.76 bits per heavy atom. The standard InChI is InChI=1S/C14H25FO.C7H11F3O.2H2O.H2/c1-11-2-4-12(5-3-11)13-6-8-14(9-7-13)16-10-15;1-11-5-3-2-4(8)6(9)7(5)10;;;/h11-14H,2-10H2,1H3;4-7H,2-3H2,1H3;2*1H2;1H. The molecule has 4 atom stereocenters. The molecular weight excluding hydrogens is 392 g/mol. The minimum Gasteiger partial charge on any atom is -0.412 e. The van der Waals surface area contributed by atoms with Crippen LogP contribution in [0.3, 0.4) is 0 Å². The molecule has 4 N–H and O–H groups in total. The van der Waals surface area contributed by atoms with Crippen LogP contribution in [0.1, 0.15) is 72.6 Å². The third-order valence-electron chi connectivity index (χ3n) is 6.78. The Hall–Kier alpha value is -0.440. The first-order valence-electron chi connectivity index (χ1n) is 10.6. The van der Waals surface area contributed by atoms with E-state index in [4.69, 9.17) is 4.74 Å². The molecule has 3 fully saturated rings. The monoisotopic (exact) mass is 434 g/mol. The van der Waals surface area contributed by atoms with Crippen LogP contribution in [0.4, 0.5) is 17.6 Å². The molecule has 3 rings (SSSR count). The van der Waals surface area contributed by atoms with Gasteiger partial charge in [-0.1, -0.05) is 19.8 Å². The molecule has 0 bridgehead atoms. The van der Waals surface area contributed by atoms with Crippen LogP contribution in [0.5, 0.6) is 0 Å². The SMILES string of the molecule is CC1CCC(C2CCC(OCF)CC2)CC1.COC1CCC(F)C(F)C1F.O.O.[HH]. The summed E-state index contributed by atoms with van der Waals surface area (Å²) in [5.74, 6) is 2.82. The number of methoxy groups -OCH3 is 1. The highest BCUT2D eigenvalue weighted by molar-refractivity contribution is 4.88. The molecular formula is C21H42F4O4. The minimum atomic E-state index is -2.01. The van der Waals surface area contributed by atoms with Gasteiger partial charge in [-0.3, -0.25) is 0 Å². The highest BCUT2D eigenvalue weighted by Gasteiger charge is 2.40. The van der Waals surface area contributed by atoms with Gasteiger partial charge in [0.2, 0.25) is 0 Å². The zero-order chi connectivity index (χ0) is 19.8. The third kappa shape index (κ3) is 8.67. The Kier molecular flexibility index (Phi) is 14.3. The van der Waals surface area contributed by atoms with Gasteiger partial charge in [0.05, 0.1) is 12.2 Å². The second kappa shape index (κ2) is 14.5. The Morgan fingerprint density at radius 2 is 1.28 bits per heavy atom. The normalized spacial score (nSPS) is 39.9. The molecule has 0 amide bonds. The number of ether oxygens (including phenoxy) is 2. The molecule has 3 aliphatic rings. The highest BCUT2D eigenvalue weighted by atomic mass is 19.2. The van der Waals surface area contributed by atoms with Crippen molar-refractivity contribution in [2.75, 3.05) is 14.0 Å². The second-order valence-corrected chi connectivity index (χ2v) is 8.59. The molecule has 3 saturated carbocycles. The molecule has 0 spiro atoms. The van der Waals surface area contributed by atoms with Crippen molar-refractivity contribution in [1.82, 2.24) is 0 Å². The molecule has 0 saturated heterocycles. The zero-order valence-electron chi connectivity index (χ0n) is 17.7. The predicted octanol–water partition coefficient (Wildman–Crippen LogP) is 4.72. The van der Waals surface area contributed by atoms with Gasteiger partial charge in [-0.15, -0.1) is 0 Å². The smallest absolute Gasteiger partial charge is 0.188 e. The number of hydrogen-bond acceptors (Lipinski definition) is 2. The van der Waals surface area contributed by atoms with Crippen LogP contribution < -0.4 is 0 Å². The zero-order valence-corrected chi connectivity index (χ0v) is 17.7. The lowest BCUT2D eigenvalue weighted by Gasteiger charge is -2.36. The van der Waals surface area contributed by atoms with Crippen molar-refractivity contribution < 1.29 is 39.4 Å². The van der Waals surface area contributed by atoms with Crippen LogP contribution in [0.2, 0.25) is 0 Å². The first-order valence-corrected chi connectivity index (χ1v) is 10.6. The lowest BCUT2D eigenvalue weighted by molar-refractivity contribution is -0.0626. The molecule has 29 heavy (non-hydrogen) atoms. The number of hydrogen-bond donors (Lipinski definition) is 0. The molecule has 3 aliphatic carbocycles. The average Bonchev–Trinajstić information content (AvgIpc) is 2.68. The fraction of sp³-hybridized carbons (Fsp3) is 1.00. The fourth-order valence-corrected chi connectivity index (χ4v) is 4.87. The van der Waals surface area contributed by atoms with E-state index in [1.807, 2.05) is 0 Å². The Balaban J connectivity index is 0. The lowest BCUT2D eigenvalue weighted by Crippen LogP contribution is -2.43. The van der Waals surface area contributed by atoms with Crippen LogP contribution >= 0.6 is 0 Å². The second-order valence-electron chi connectivity index (χ2n) is 8.59. The Bertz CT molecular complexity index is 406. The molecule has 0 aromatic heterocycles. The maximum Gasteiger partial charge on any atom is 0.188 e. The van der Waals surface area contributed by atoms with Gasteiger partial charge in [0, 0.05) is 8.54 Å². The van der Waals surface area contributed by atoms with Crippen molar-refractivity contribution in [3.05, 3.63) is 0 Å². The summed E-state index contributed by atoms with van der Waals surface area (Å²) in [5.41, 5.74) is 0. The Labute approximate surface area is 173 Å². The van der Waals surface area contributed by atoms with Gasteiger partial charge in [0.15, 0.2) is 19.2 Å². The van der Waals surface area contributed by atoms with E-state index in [2.05, 4.69) is 11.7 Å². The minimum absolute atomic E-state index is 0. The van der Waals surface area contributed by atoms with Crippen LogP contribution in [0.15, 0.2) is 0 Å². The van der Waals surface area contributed by atoms with E-state index in [1.165, 1.54) is 45.6 Å². The van der Waals surface area contributed by atoms with E-state index in [0.717, 1.165) is 30.6 Å². The summed E-state index contributed by atoms with van der Waals surface area (Å²) in [4.78, 5) is 0. The largest absolute Gasteiger partial charge is 0.412 e. The van der Waals surface area contributed by atoms with E-state index >= 15 is 0 Å². The van der Waals surface area contributed by atoms with Crippen molar-refractivity contribution >= 4 is 0 Å². The van der Waals surface area contributed by atoms with Gasteiger partial charge in [0.1, 0.15) is 6.17 Å². The van der Waals surface area contributed by atoms with Gasteiger partial charge >= 0.3 is 0 Å². The van der Waals surface area contributed by atoms with E-state index in [-0.39, 0.29) is 31.3 Å². The maximum absolute atomic E-state index is 12.8. The fourth-order valence-electron chi connectivity index (χ4n) is 4.87. The molecule has 0 aliphatic heterocycles. The third-order valence-corrected chi connectivity index (χ3v) is 6.78. The maximum atomic E-state index is 12.8. The van der Waals surface area contributed by atoms with Crippen molar-refractivity contribution in [3.63, 3.8) is 0 Å². The van der Waals surface area contributed by atoms with Gasteiger partial charge in [0.25, 0.3) is 0 Å². The first-order chi connectivity index (χ1) is 13.0. The number of halogens is 4. The average molecular weight is 435 g/mol. The van der Waals surface area contributed by atoms with Crippen LogP contribution in [0.25, 0.3) is 0 Å². The van der Waals surface area contributed by atoms with E-state index in [9.17, 15) is 17.6 Å². The molecule has 0 aromatic rings. The molecule has 8 heteroatoms. The number of rotatable bonds is 4. The summed E-state index contributed by atoms with van der Waals surface area (Å²) in [7, 11) is 1.31. The summed E-state index contributed by atoms with van der Waals surface area (Å²) < 4.78 is 59.6. The molecule has 0 radical (unpaired) electrons. The van der Waals surface area contributed by atoms with E-state index in [0.29, 0.717) is 0 Å². The van der Waals surface area contributed by atoms with Crippen LogP contribution in [0, 0.1) is 17.8 Å². The first kappa shape index (κ1) is 28.6.